The Balaban J connectivity index is 1.96. The third kappa shape index (κ3) is 7.08. The number of nitrogens with one attached hydrogen (secondary N) is 1. The van der Waals surface area contributed by atoms with Gasteiger partial charge in [0.2, 0.25) is 0 Å². The van der Waals surface area contributed by atoms with Crippen molar-refractivity contribution in [2.24, 2.45) is 0 Å². The number of benzene rings is 2. The molecule has 0 saturated carbocycles. The van der Waals surface area contributed by atoms with Gasteiger partial charge in [-0.1, -0.05) is 36.3 Å². The highest BCUT2D eigenvalue weighted by molar-refractivity contribution is 5.81. The Kier molecular flexibility index (Phi) is 7.97. The van der Waals surface area contributed by atoms with Crippen molar-refractivity contribution >= 4 is 12.1 Å². The maximum absolute atomic E-state index is 13.4. The third-order valence-corrected chi connectivity index (χ3v) is 3.70. The Bertz CT molecular complexity index is 829. The van der Waals surface area contributed by atoms with Gasteiger partial charge in [-0.15, -0.1) is 6.42 Å². The van der Waals surface area contributed by atoms with Crippen LogP contribution in [0.4, 0.5) is 13.6 Å². The zero-order chi connectivity index (χ0) is 20.4. The minimum atomic E-state index is -1.21. The molecule has 7 heteroatoms. The van der Waals surface area contributed by atoms with E-state index >= 15 is 0 Å². The molecule has 0 bridgehead atoms. The molecule has 1 atom stereocenters. The van der Waals surface area contributed by atoms with Crippen LogP contribution < -0.4 is 5.32 Å². The van der Waals surface area contributed by atoms with Gasteiger partial charge in [-0.25, -0.2) is 18.4 Å². The number of hydrogen-bond donors (Lipinski definition) is 1. The molecule has 2 rings (SSSR count). The van der Waals surface area contributed by atoms with Crippen LogP contribution in [0.5, 0.6) is 0 Å². The number of halogens is 2. The smallest absolute Gasteiger partial charge is 0.407 e. The van der Waals surface area contributed by atoms with Crippen LogP contribution in [-0.2, 0) is 27.1 Å². The summed E-state index contributed by atoms with van der Waals surface area (Å²) in [5.74, 6) is -0.287. The number of terminal acetylenes is 1. The zero-order valence-corrected chi connectivity index (χ0v) is 15.0. The van der Waals surface area contributed by atoms with Crippen LogP contribution in [0.1, 0.15) is 11.1 Å². The van der Waals surface area contributed by atoms with Crippen molar-refractivity contribution in [2.45, 2.75) is 18.9 Å². The summed E-state index contributed by atoms with van der Waals surface area (Å²) < 4.78 is 36.7. The molecule has 1 amide bonds. The second kappa shape index (κ2) is 10.7. The van der Waals surface area contributed by atoms with Gasteiger partial charge in [0.1, 0.15) is 17.7 Å². The third-order valence-electron chi connectivity index (χ3n) is 3.70. The molecule has 0 aliphatic carbocycles. The standard InChI is InChI=1S/C21H19F2NO4/c1-2-9-27-20(25)19(13-16-11-17(22)14-18(23)12-16)24-21(26)28-10-8-15-6-4-3-5-7-15/h1,3-7,11-12,14,19H,8-10,13H2,(H,24,26)/t19-/m0/s1. The summed E-state index contributed by atoms with van der Waals surface area (Å²) in [6.07, 6.45) is 4.51. The van der Waals surface area contributed by atoms with Crippen molar-refractivity contribution in [3.8, 4) is 12.3 Å². The topological polar surface area (TPSA) is 64.6 Å². The minimum Gasteiger partial charge on any atom is -0.451 e. The van der Waals surface area contributed by atoms with Crippen LogP contribution >= 0.6 is 0 Å². The van der Waals surface area contributed by atoms with Gasteiger partial charge in [0.15, 0.2) is 6.61 Å². The molecule has 0 spiro atoms. The van der Waals surface area contributed by atoms with Crippen LogP contribution in [0.25, 0.3) is 0 Å². The summed E-state index contributed by atoms with van der Waals surface area (Å²) in [5, 5.41) is 2.35. The number of esters is 1. The molecule has 2 aromatic carbocycles. The van der Waals surface area contributed by atoms with Crippen LogP contribution in [0.3, 0.4) is 0 Å². The van der Waals surface area contributed by atoms with E-state index in [-0.39, 0.29) is 25.2 Å². The lowest BCUT2D eigenvalue weighted by atomic mass is 10.1. The molecule has 5 nitrogen and oxygen atoms in total. The normalized spacial score (nSPS) is 11.2. The van der Waals surface area contributed by atoms with E-state index in [0.29, 0.717) is 12.5 Å². The SMILES string of the molecule is C#CCOC(=O)[C@H](Cc1cc(F)cc(F)c1)NC(=O)OCCc1ccccc1. The number of rotatable bonds is 8. The number of carbonyl (C=O) groups is 2. The lowest BCUT2D eigenvalue weighted by Crippen LogP contribution is -2.43. The first-order chi connectivity index (χ1) is 13.5. The van der Waals surface area contributed by atoms with Crippen LogP contribution in [-0.4, -0.2) is 31.3 Å². The van der Waals surface area contributed by atoms with Crippen molar-refractivity contribution in [3.63, 3.8) is 0 Å². The van der Waals surface area contributed by atoms with E-state index in [4.69, 9.17) is 15.9 Å². The highest BCUT2D eigenvalue weighted by atomic mass is 19.1. The van der Waals surface area contributed by atoms with Gasteiger partial charge < -0.3 is 14.8 Å². The molecule has 0 radical (unpaired) electrons. The molecule has 0 fully saturated rings. The molecule has 0 aromatic heterocycles. The van der Waals surface area contributed by atoms with Gasteiger partial charge in [-0.2, -0.15) is 0 Å². The fraction of sp³-hybridized carbons (Fsp3) is 0.238. The van der Waals surface area contributed by atoms with Gasteiger partial charge in [-0.05, 0) is 23.3 Å². The van der Waals surface area contributed by atoms with Gasteiger partial charge in [0.25, 0.3) is 0 Å². The zero-order valence-electron chi connectivity index (χ0n) is 15.0. The molecule has 28 heavy (non-hydrogen) atoms. The highest BCUT2D eigenvalue weighted by Gasteiger charge is 2.24. The Morgan fingerprint density at radius 2 is 1.71 bits per heavy atom. The van der Waals surface area contributed by atoms with E-state index in [1.165, 1.54) is 0 Å². The van der Waals surface area contributed by atoms with Gasteiger partial charge >= 0.3 is 12.1 Å². The lowest BCUT2D eigenvalue weighted by molar-refractivity contribution is -0.144. The van der Waals surface area contributed by atoms with E-state index in [2.05, 4.69) is 11.2 Å². The van der Waals surface area contributed by atoms with E-state index in [1.807, 2.05) is 30.3 Å². The summed E-state index contributed by atoms with van der Waals surface area (Å²) in [4.78, 5) is 24.1. The van der Waals surface area contributed by atoms with Crippen LogP contribution in [0.15, 0.2) is 48.5 Å². The monoisotopic (exact) mass is 387 g/mol. The second-order valence-corrected chi connectivity index (χ2v) is 5.86. The number of ether oxygens (including phenoxy) is 2. The maximum Gasteiger partial charge on any atom is 0.407 e. The average molecular weight is 387 g/mol. The van der Waals surface area contributed by atoms with Gasteiger partial charge in [0.05, 0.1) is 6.61 Å². The van der Waals surface area contributed by atoms with Crippen molar-refractivity contribution in [1.29, 1.82) is 0 Å². The molecule has 1 N–H and O–H groups in total. The largest absolute Gasteiger partial charge is 0.451 e. The predicted octanol–water partition coefficient (Wildman–Crippen LogP) is 3.02. The molecular formula is C21H19F2NO4. The molecule has 146 valence electrons. The molecule has 0 saturated heterocycles. The first kappa shape index (κ1) is 20.9. The molecule has 2 aromatic rings. The van der Waals surface area contributed by atoms with Gasteiger partial charge in [-0.3, -0.25) is 0 Å². The Morgan fingerprint density at radius 3 is 2.36 bits per heavy atom. The van der Waals surface area contributed by atoms with Crippen molar-refractivity contribution in [1.82, 2.24) is 5.32 Å². The molecule has 0 aliphatic heterocycles. The van der Waals surface area contributed by atoms with Crippen molar-refractivity contribution in [3.05, 3.63) is 71.3 Å². The van der Waals surface area contributed by atoms with E-state index in [9.17, 15) is 18.4 Å². The van der Waals surface area contributed by atoms with Crippen molar-refractivity contribution < 1.29 is 27.8 Å². The maximum atomic E-state index is 13.4. The number of alkyl carbamates (subject to hydrolysis) is 1. The van der Waals surface area contributed by atoms with E-state index in [1.54, 1.807) is 0 Å². The van der Waals surface area contributed by atoms with Crippen LogP contribution in [0.2, 0.25) is 0 Å². The number of carbonyl (C=O) groups excluding carboxylic acids is 2. The van der Waals surface area contributed by atoms with Gasteiger partial charge in [0, 0.05) is 18.9 Å². The lowest BCUT2D eigenvalue weighted by Gasteiger charge is -2.17. The Hall–Kier alpha value is -3.40. The summed E-state index contributed by atoms with van der Waals surface area (Å²) in [5.41, 5.74) is 1.15. The fourth-order valence-electron chi connectivity index (χ4n) is 2.46. The minimum absolute atomic E-state index is 0.0938. The first-order valence-corrected chi connectivity index (χ1v) is 8.50. The molecule has 0 aliphatic rings. The average Bonchev–Trinajstić information content (AvgIpc) is 2.65. The quantitative estimate of drug-likeness (QED) is 0.559. The first-order valence-electron chi connectivity index (χ1n) is 8.50. The number of hydrogen-bond acceptors (Lipinski definition) is 4. The fourth-order valence-corrected chi connectivity index (χ4v) is 2.46. The summed E-state index contributed by atoms with van der Waals surface area (Å²) >= 11 is 0. The summed E-state index contributed by atoms with van der Waals surface area (Å²) in [6.45, 7) is -0.200. The Labute approximate surface area is 161 Å². The van der Waals surface area contributed by atoms with Crippen molar-refractivity contribution in [2.75, 3.05) is 13.2 Å². The number of amides is 1. The van der Waals surface area contributed by atoms with E-state index < -0.39 is 29.7 Å². The summed E-state index contributed by atoms with van der Waals surface area (Å²) in [7, 11) is 0. The molecule has 0 heterocycles. The van der Waals surface area contributed by atoms with Crippen LogP contribution in [0, 0.1) is 24.0 Å². The van der Waals surface area contributed by atoms with E-state index in [0.717, 1.165) is 17.7 Å². The summed E-state index contributed by atoms with van der Waals surface area (Å²) in [6, 6.07) is 11.0. The molecule has 0 unspecified atom stereocenters. The predicted molar refractivity (Wildman–Crippen MR) is 98.3 cm³/mol. The Morgan fingerprint density at radius 1 is 1.04 bits per heavy atom. The highest BCUT2D eigenvalue weighted by Crippen LogP contribution is 2.11. The molecular weight excluding hydrogens is 368 g/mol. The second-order valence-electron chi connectivity index (χ2n) is 5.86.